The molecule has 9 nitrogen and oxygen atoms in total. The van der Waals surface area contributed by atoms with E-state index in [-0.39, 0.29) is 25.1 Å². The van der Waals surface area contributed by atoms with Crippen LogP contribution in [0.4, 0.5) is 0 Å². The van der Waals surface area contributed by atoms with Gasteiger partial charge in [0.05, 0.1) is 5.56 Å². The van der Waals surface area contributed by atoms with Crippen molar-refractivity contribution in [2.24, 2.45) is 4.99 Å². The van der Waals surface area contributed by atoms with E-state index in [2.05, 4.69) is 27.3 Å². The lowest BCUT2D eigenvalue weighted by molar-refractivity contribution is -0.130. The second-order valence-corrected chi connectivity index (χ2v) is 6.25. The summed E-state index contributed by atoms with van der Waals surface area (Å²) in [7, 11) is 0. The molecule has 9 heteroatoms. The first-order valence-electron chi connectivity index (χ1n) is 8.85. The number of carbonyl (C=O) groups is 4. The smallest absolute Gasteiger partial charge is 0.335 e. The molecule has 1 aromatic carbocycles. The number of aromatic carboxylic acids is 1. The van der Waals surface area contributed by atoms with Gasteiger partial charge >= 0.3 is 5.97 Å². The monoisotopic (exact) mass is 404 g/mol. The van der Waals surface area contributed by atoms with Gasteiger partial charge in [-0.15, -0.1) is 0 Å². The van der Waals surface area contributed by atoms with Crippen LogP contribution in [0.15, 0.2) is 53.8 Å². The lowest BCUT2D eigenvalue weighted by Gasteiger charge is -2.19. The molecule has 0 aliphatic carbocycles. The number of nitrogens with zero attached hydrogens (tertiary/aromatic N) is 3. The third-order valence-corrected chi connectivity index (χ3v) is 4.10. The topological polar surface area (TPSA) is 129 Å². The summed E-state index contributed by atoms with van der Waals surface area (Å²) in [5.74, 6) is -0.445. The summed E-state index contributed by atoms with van der Waals surface area (Å²) >= 11 is 0. The van der Waals surface area contributed by atoms with E-state index < -0.39 is 29.4 Å². The fourth-order valence-electron chi connectivity index (χ4n) is 2.55. The Labute approximate surface area is 171 Å². The largest absolute Gasteiger partial charge is 0.478 e. The summed E-state index contributed by atoms with van der Waals surface area (Å²) in [6, 6.07) is 12.1. The summed E-state index contributed by atoms with van der Waals surface area (Å²) in [6.45, 7) is -0.190. The van der Waals surface area contributed by atoms with E-state index in [1.165, 1.54) is 12.1 Å². The fraction of sp³-hybridized carbons (Fsp3) is 0.143. The van der Waals surface area contributed by atoms with Gasteiger partial charge in [0.15, 0.2) is 5.71 Å². The number of aliphatic imine (C=N–C) groups is 1. The second kappa shape index (κ2) is 9.25. The van der Waals surface area contributed by atoms with Crippen molar-refractivity contribution in [1.82, 2.24) is 15.2 Å². The van der Waals surface area contributed by atoms with Crippen LogP contribution in [0, 0.1) is 12.0 Å². The van der Waals surface area contributed by atoms with Crippen molar-refractivity contribution in [2.45, 2.75) is 13.0 Å². The van der Waals surface area contributed by atoms with E-state index in [9.17, 15) is 19.2 Å². The van der Waals surface area contributed by atoms with Gasteiger partial charge in [0.2, 0.25) is 0 Å². The number of hydrogen-bond donors (Lipinski definition) is 2. The van der Waals surface area contributed by atoms with Gasteiger partial charge in [-0.05, 0) is 35.4 Å². The Morgan fingerprint density at radius 2 is 1.77 bits per heavy atom. The number of pyridine rings is 1. The Morgan fingerprint density at radius 3 is 2.43 bits per heavy atom. The summed E-state index contributed by atoms with van der Waals surface area (Å²) in [5.41, 5.74) is 1.16. The molecule has 2 aromatic rings. The third-order valence-electron chi connectivity index (χ3n) is 4.10. The first kappa shape index (κ1) is 20.4. The van der Waals surface area contributed by atoms with Crippen LogP contribution in [0.3, 0.4) is 0 Å². The maximum Gasteiger partial charge on any atom is 0.335 e. The molecule has 2 heterocycles. The molecule has 0 bridgehead atoms. The van der Waals surface area contributed by atoms with E-state index in [0.29, 0.717) is 0 Å². The van der Waals surface area contributed by atoms with Gasteiger partial charge < -0.3 is 10.4 Å². The minimum Gasteiger partial charge on any atom is -0.478 e. The molecule has 1 aromatic heterocycles. The molecule has 0 fully saturated rings. The Morgan fingerprint density at radius 1 is 1.07 bits per heavy atom. The molecule has 2 N–H and O–H groups in total. The average molecular weight is 404 g/mol. The Balaban J connectivity index is 1.63. The van der Waals surface area contributed by atoms with Gasteiger partial charge in [0, 0.05) is 31.4 Å². The number of amides is 3. The molecular weight excluding hydrogens is 388 g/mol. The van der Waals surface area contributed by atoms with Crippen LogP contribution in [-0.4, -0.2) is 50.9 Å². The highest BCUT2D eigenvalue weighted by Gasteiger charge is 2.31. The number of carbonyl (C=O) groups excluding carboxylic acids is 3. The zero-order chi connectivity index (χ0) is 21.5. The number of rotatable bonds is 5. The van der Waals surface area contributed by atoms with Gasteiger partial charge in [-0.3, -0.25) is 24.3 Å². The molecule has 1 aliphatic heterocycles. The number of hydrogen-bond acceptors (Lipinski definition) is 5. The molecule has 1 aliphatic rings. The summed E-state index contributed by atoms with van der Waals surface area (Å²) in [4.78, 5) is 55.9. The summed E-state index contributed by atoms with van der Waals surface area (Å²) in [6.07, 6.45) is 3.38. The van der Waals surface area contributed by atoms with Crippen LogP contribution in [0.25, 0.3) is 0 Å². The van der Waals surface area contributed by atoms with E-state index in [1.54, 1.807) is 36.7 Å². The lowest BCUT2D eigenvalue weighted by Crippen LogP contribution is -2.47. The maximum atomic E-state index is 12.5. The molecule has 150 valence electrons. The van der Waals surface area contributed by atoms with E-state index >= 15 is 0 Å². The van der Waals surface area contributed by atoms with Gasteiger partial charge in [-0.1, -0.05) is 18.1 Å². The molecule has 0 radical (unpaired) electrons. The van der Waals surface area contributed by atoms with Crippen molar-refractivity contribution < 1.29 is 24.3 Å². The zero-order valence-electron chi connectivity index (χ0n) is 15.7. The first-order chi connectivity index (χ1) is 14.4. The normalized spacial score (nSPS) is 13.2. The summed E-state index contributed by atoms with van der Waals surface area (Å²) < 4.78 is 0. The lowest BCUT2D eigenvalue weighted by atomic mass is 10.1. The number of carboxylic acids is 1. The molecule has 30 heavy (non-hydrogen) atoms. The Hall–Kier alpha value is -4.32. The van der Waals surface area contributed by atoms with E-state index in [4.69, 9.17) is 5.11 Å². The fourth-order valence-corrected chi connectivity index (χ4v) is 2.55. The van der Waals surface area contributed by atoms with Crippen LogP contribution in [0.2, 0.25) is 0 Å². The quantitative estimate of drug-likeness (QED) is 0.695. The standard InChI is InChI=1S/C21H16N4O5/c26-17-13-25(11-1-2-14-3-5-16(6-4-14)21(29)30)20(28)18(24-17)19(27)23-12-15-7-9-22-10-8-15/h3-10H,2,12-13H2,(H,23,27)(H,29,30). The maximum absolute atomic E-state index is 12.5. The molecule has 0 saturated heterocycles. The van der Waals surface area contributed by atoms with Crippen molar-refractivity contribution in [2.75, 3.05) is 6.54 Å². The zero-order valence-corrected chi connectivity index (χ0v) is 15.7. The van der Waals surface area contributed by atoms with Crippen LogP contribution in [0.5, 0.6) is 0 Å². The van der Waals surface area contributed by atoms with Crippen LogP contribution in [0.1, 0.15) is 21.5 Å². The minimum absolute atomic E-state index is 0.153. The van der Waals surface area contributed by atoms with E-state index in [0.717, 1.165) is 16.0 Å². The van der Waals surface area contributed by atoms with Crippen LogP contribution < -0.4 is 5.32 Å². The second-order valence-electron chi connectivity index (χ2n) is 6.25. The predicted molar refractivity (Wildman–Crippen MR) is 105 cm³/mol. The van der Waals surface area contributed by atoms with Crippen molar-refractivity contribution in [3.63, 3.8) is 0 Å². The average Bonchev–Trinajstić information content (AvgIpc) is 2.75. The van der Waals surface area contributed by atoms with Crippen molar-refractivity contribution in [3.8, 4) is 12.0 Å². The highest BCUT2D eigenvalue weighted by atomic mass is 16.4. The molecule has 0 unspecified atom stereocenters. The molecule has 3 rings (SSSR count). The molecule has 0 saturated carbocycles. The first-order valence-corrected chi connectivity index (χ1v) is 8.85. The highest BCUT2D eigenvalue weighted by Crippen LogP contribution is 2.06. The van der Waals surface area contributed by atoms with Crippen molar-refractivity contribution in [1.29, 1.82) is 0 Å². The third kappa shape index (κ3) is 5.14. The van der Waals surface area contributed by atoms with Crippen LogP contribution in [-0.2, 0) is 27.3 Å². The number of nitrogens with one attached hydrogen (secondary N) is 1. The Kier molecular flexibility index (Phi) is 6.29. The number of carboxylic acid groups (broad SMARTS) is 1. The van der Waals surface area contributed by atoms with Gasteiger partial charge in [0.1, 0.15) is 6.54 Å². The van der Waals surface area contributed by atoms with Gasteiger partial charge in [-0.2, -0.15) is 0 Å². The minimum atomic E-state index is -1.03. The molecular formula is C21H16N4O5. The number of benzene rings is 1. The van der Waals surface area contributed by atoms with Crippen molar-refractivity contribution in [3.05, 3.63) is 65.5 Å². The highest BCUT2D eigenvalue weighted by molar-refractivity contribution is 6.66. The SMILES string of the molecule is O=C1CN(C#CCc2ccc(C(=O)O)cc2)C(=O)C(C(=O)NCc2ccncc2)=N1. The Bertz CT molecular complexity index is 1080. The van der Waals surface area contributed by atoms with Crippen molar-refractivity contribution >= 4 is 29.4 Å². The van der Waals surface area contributed by atoms with Gasteiger partial charge in [0.25, 0.3) is 17.7 Å². The van der Waals surface area contributed by atoms with E-state index in [1.807, 2.05) is 0 Å². The molecule has 3 amide bonds. The van der Waals surface area contributed by atoms with Crippen LogP contribution >= 0.6 is 0 Å². The number of aromatic nitrogens is 1. The van der Waals surface area contributed by atoms with Gasteiger partial charge in [-0.25, -0.2) is 9.79 Å². The summed E-state index contributed by atoms with van der Waals surface area (Å²) in [5, 5.41) is 11.4. The molecule has 0 spiro atoms. The predicted octanol–water partition coefficient (Wildman–Crippen LogP) is 0.409. The molecule has 0 atom stereocenters.